The van der Waals surface area contributed by atoms with E-state index in [9.17, 15) is 24.3 Å². The zero-order valence-corrected chi connectivity index (χ0v) is 22.9. The van der Waals surface area contributed by atoms with Crippen molar-refractivity contribution in [3.8, 4) is 5.75 Å². The number of nitrogens with one attached hydrogen (secondary N) is 3. The molecule has 0 spiro atoms. The smallest absolute Gasteiger partial charge is 0.326 e. The number of carboxylic acid groups (broad SMARTS) is 1. The van der Waals surface area contributed by atoms with Crippen molar-refractivity contribution < 1.29 is 29.0 Å². The molecule has 4 amide bonds. The lowest BCUT2D eigenvalue weighted by molar-refractivity contribution is -0.141. The van der Waals surface area contributed by atoms with Crippen LogP contribution in [0.25, 0.3) is 0 Å². The standard InChI is InChI=1S/C27H31N5O6S/c1-16-7-5-6-8-20(16)30-27(37)31-21-10-9-18(11-23(21)38-4)12-25(34)32(3)14-19-15-39-24(29-19)13-22(26(35)36)28-17(2)33/h5-11,15,22H,12-14H2,1-4H3,(H,28,33)(H,35,36)(H2,30,31,37). The molecule has 0 aliphatic rings. The van der Waals surface area contributed by atoms with Gasteiger partial charge in [0.2, 0.25) is 11.8 Å². The number of aromatic nitrogens is 1. The molecule has 12 heteroatoms. The van der Waals surface area contributed by atoms with Crippen molar-refractivity contribution in [1.29, 1.82) is 0 Å². The van der Waals surface area contributed by atoms with E-state index in [2.05, 4.69) is 20.9 Å². The number of benzene rings is 2. The number of thiazole rings is 1. The van der Waals surface area contributed by atoms with Crippen molar-refractivity contribution in [2.24, 2.45) is 0 Å². The molecule has 0 aliphatic heterocycles. The van der Waals surface area contributed by atoms with Gasteiger partial charge in [-0.3, -0.25) is 9.59 Å². The van der Waals surface area contributed by atoms with Gasteiger partial charge in [-0.15, -0.1) is 11.3 Å². The molecule has 1 aromatic heterocycles. The van der Waals surface area contributed by atoms with Crippen molar-refractivity contribution in [3.05, 3.63) is 69.7 Å². The number of amides is 4. The van der Waals surface area contributed by atoms with E-state index < -0.39 is 23.9 Å². The van der Waals surface area contributed by atoms with Crippen LogP contribution in [0, 0.1) is 6.92 Å². The van der Waals surface area contributed by atoms with Gasteiger partial charge in [-0.2, -0.15) is 0 Å². The van der Waals surface area contributed by atoms with Gasteiger partial charge >= 0.3 is 12.0 Å². The van der Waals surface area contributed by atoms with Crippen LogP contribution < -0.4 is 20.7 Å². The highest BCUT2D eigenvalue weighted by molar-refractivity contribution is 7.09. The highest BCUT2D eigenvalue weighted by Crippen LogP contribution is 2.26. The van der Waals surface area contributed by atoms with E-state index in [1.54, 1.807) is 30.6 Å². The summed E-state index contributed by atoms with van der Waals surface area (Å²) in [6.45, 7) is 3.39. The van der Waals surface area contributed by atoms with Crippen LogP contribution in [-0.4, -0.2) is 59.0 Å². The third-order valence-corrected chi connectivity index (χ3v) is 6.66. The van der Waals surface area contributed by atoms with Crippen LogP contribution in [0.4, 0.5) is 16.2 Å². The van der Waals surface area contributed by atoms with Crippen LogP contribution in [-0.2, 0) is 33.8 Å². The van der Waals surface area contributed by atoms with Crippen LogP contribution in [0.2, 0.25) is 0 Å². The fourth-order valence-electron chi connectivity index (χ4n) is 3.71. The highest BCUT2D eigenvalue weighted by Gasteiger charge is 2.21. The molecule has 3 aromatic rings. The van der Waals surface area contributed by atoms with E-state index in [-0.39, 0.29) is 25.3 Å². The van der Waals surface area contributed by atoms with E-state index in [0.29, 0.717) is 33.4 Å². The van der Waals surface area contributed by atoms with Crippen LogP contribution in [0.5, 0.6) is 5.75 Å². The Morgan fingerprint density at radius 3 is 2.49 bits per heavy atom. The van der Waals surface area contributed by atoms with Gasteiger partial charge in [-0.05, 0) is 36.2 Å². The minimum absolute atomic E-state index is 0.0560. The molecule has 1 atom stereocenters. The molecule has 11 nitrogen and oxygen atoms in total. The van der Waals surface area contributed by atoms with Crippen molar-refractivity contribution in [1.82, 2.24) is 15.2 Å². The first-order valence-electron chi connectivity index (χ1n) is 12.0. The molecule has 4 N–H and O–H groups in total. The number of aliphatic carboxylic acids is 1. The van der Waals surface area contributed by atoms with E-state index >= 15 is 0 Å². The van der Waals surface area contributed by atoms with Crippen molar-refractivity contribution in [3.63, 3.8) is 0 Å². The lowest BCUT2D eigenvalue weighted by Crippen LogP contribution is -2.41. The second-order valence-electron chi connectivity index (χ2n) is 8.88. The molecule has 0 radical (unpaired) electrons. The number of hydrogen-bond donors (Lipinski definition) is 4. The number of likely N-dealkylation sites (N-methyl/N-ethyl adjacent to an activating group) is 1. The van der Waals surface area contributed by atoms with Gasteiger partial charge in [0.1, 0.15) is 11.8 Å². The molecule has 0 fully saturated rings. The zero-order chi connectivity index (χ0) is 28.5. The molecule has 1 unspecified atom stereocenters. The first-order valence-corrected chi connectivity index (χ1v) is 12.9. The Kier molecular flexibility index (Phi) is 9.98. The number of hydrogen-bond acceptors (Lipinski definition) is 7. The minimum atomic E-state index is -1.14. The minimum Gasteiger partial charge on any atom is -0.495 e. The van der Waals surface area contributed by atoms with Crippen molar-refractivity contribution >= 4 is 46.5 Å². The van der Waals surface area contributed by atoms with Crippen molar-refractivity contribution in [2.45, 2.75) is 39.3 Å². The monoisotopic (exact) mass is 553 g/mol. The van der Waals surface area contributed by atoms with Crippen molar-refractivity contribution in [2.75, 3.05) is 24.8 Å². The molecular formula is C27H31N5O6S. The summed E-state index contributed by atoms with van der Waals surface area (Å²) in [5.74, 6) is -1.32. The SMILES string of the molecule is COc1cc(CC(=O)N(C)Cc2csc(CC(NC(C)=O)C(=O)O)n2)ccc1NC(=O)Nc1ccccc1C. The van der Waals surface area contributed by atoms with Gasteiger partial charge < -0.3 is 30.7 Å². The summed E-state index contributed by atoms with van der Waals surface area (Å²) in [7, 11) is 3.14. The van der Waals surface area contributed by atoms with Gasteiger partial charge in [0.15, 0.2) is 0 Å². The molecule has 0 bridgehead atoms. The highest BCUT2D eigenvalue weighted by atomic mass is 32.1. The largest absolute Gasteiger partial charge is 0.495 e. The molecule has 1 heterocycles. The molecule has 0 saturated carbocycles. The maximum absolute atomic E-state index is 12.9. The average molecular weight is 554 g/mol. The topological polar surface area (TPSA) is 150 Å². The Hall–Kier alpha value is -4.45. The summed E-state index contributed by atoms with van der Waals surface area (Å²) in [6.07, 6.45) is 0.156. The normalized spacial score (nSPS) is 11.3. The number of urea groups is 1. The molecule has 0 aliphatic carbocycles. The predicted molar refractivity (Wildman–Crippen MR) is 148 cm³/mol. The number of anilines is 2. The Morgan fingerprint density at radius 1 is 1.10 bits per heavy atom. The molecular weight excluding hydrogens is 522 g/mol. The Labute approximate surface area is 230 Å². The fourth-order valence-corrected chi connectivity index (χ4v) is 4.55. The molecule has 3 rings (SSSR count). The second-order valence-corrected chi connectivity index (χ2v) is 9.83. The number of carboxylic acids is 1. The molecule has 39 heavy (non-hydrogen) atoms. The number of methoxy groups -OCH3 is 1. The van der Waals surface area contributed by atoms with Crippen LogP contribution in [0.3, 0.4) is 0 Å². The van der Waals surface area contributed by atoms with Crippen LogP contribution in [0.15, 0.2) is 47.8 Å². The lowest BCUT2D eigenvalue weighted by atomic mass is 10.1. The zero-order valence-electron chi connectivity index (χ0n) is 22.1. The number of carbonyl (C=O) groups is 4. The summed E-state index contributed by atoms with van der Waals surface area (Å²) >= 11 is 1.27. The number of aryl methyl sites for hydroxylation is 1. The Bertz CT molecular complexity index is 1360. The predicted octanol–water partition coefficient (Wildman–Crippen LogP) is 3.44. The summed E-state index contributed by atoms with van der Waals surface area (Å²) in [5, 5.41) is 19.6. The van der Waals surface area contributed by atoms with Gasteiger partial charge in [0.25, 0.3) is 0 Å². The molecule has 2 aromatic carbocycles. The van der Waals surface area contributed by atoms with E-state index in [1.807, 2.05) is 31.2 Å². The van der Waals surface area contributed by atoms with E-state index in [0.717, 1.165) is 5.56 Å². The molecule has 206 valence electrons. The summed E-state index contributed by atoms with van der Waals surface area (Å²) in [5.41, 5.74) is 3.41. The number of para-hydroxylation sites is 1. The number of ether oxygens (including phenoxy) is 1. The quantitative estimate of drug-likeness (QED) is 0.284. The third kappa shape index (κ3) is 8.54. The summed E-state index contributed by atoms with van der Waals surface area (Å²) in [6, 6.07) is 11.1. The third-order valence-electron chi connectivity index (χ3n) is 5.74. The molecule has 0 saturated heterocycles. The van der Waals surface area contributed by atoms with Gasteiger partial charge in [-0.1, -0.05) is 24.3 Å². The number of rotatable bonds is 11. The maximum Gasteiger partial charge on any atom is 0.326 e. The van der Waals surface area contributed by atoms with E-state index in [4.69, 9.17) is 4.74 Å². The first-order chi connectivity index (χ1) is 18.5. The van der Waals surface area contributed by atoms with E-state index in [1.165, 1.54) is 30.3 Å². The maximum atomic E-state index is 12.9. The first kappa shape index (κ1) is 29.1. The number of carbonyl (C=O) groups excluding carboxylic acids is 3. The Balaban J connectivity index is 1.58. The van der Waals surface area contributed by atoms with Gasteiger partial charge in [0, 0.05) is 31.5 Å². The Morgan fingerprint density at radius 2 is 1.82 bits per heavy atom. The average Bonchev–Trinajstić information content (AvgIpc) is 3.32. The number of nitrogens with zero attached hydrogens (tertiary/aromatic N) is 2. The summed E-state index contributed by atoms with van der Waals surface area (Å²) < 4.78 is 5.43. The summed E-state index contributed by atoms with van der Waals surface area (Å²) in [4.78, 5) is 53.9. The van der Waals surface area contributed by atoms with Gasteiger partial charge in [-0.25, -0.2) is 14.6 Å². The van der Waals surface area contributed by atoms with Crippen LogP contribution >= 0.6 is 11.3 Å². The van der Waals surface area contributed by atoms with Gasteiger partial charge in [0.05, 0.1) is 36.5 Å². The fraction of sp³-hybridized carbons (Fsp3) is 0.296. The second kappa shape index (κ2) is 13.4. The van der Waals surface area contributed by atoms with Crippen LogP contribution in [0.1, 0.15) is 28.8 Å². The lowest BCUT2D eigenvalue weighted by Gasteiger charge is -2.17.